The van der Waals surface area contributed by atoms with Crippen molar-refractivity contribution in [2.24, 2.45) is 5.73 Å². The monoisotopic (exact) mass is 297 g/mol. The standard InChI is InChI=1S/C20H27NO/c1-20(2,3)17-10-8-16(9-11-17)19(21)14-7-15-5-12-18(22-4)13-6-15/h5-6,8-13,19H,7,14,21H2,1-4H3. The van der Waals surface area contributed by atoms with Crippen LogP contribution in [0.1, 0.15) is 49.9 Å². The van der Waals surface area contributed by atoms with Crippen molar-refractivity contribution < 1.29 is 4.74 Å². The molecule has 0 fully saturated rings. The molecule has 2 aromatic carbocycles. The lowest BCUT2D eigenvalue weighted by molar-refractivity contribution is 0.414. The van der Waals surface area contributed by atoms with Gasteiger partial charge >= 0.3 is 0 Å². The summed E-state index contributed by atoms with van der Waals surface area (Å²) in [5.74, 6) is 0.894. The van der Waals surface area contributed by atoms with Crippen molar-refractivity contribution in [2.75, 3.05) is 7.11 Å². The molecule has 0 radical (unpaired) electrons. The normalized spacial score (nSPS) is 13.0. The van der Waals surface area contributed by atoms with E-state index in [0.29, 0.717) is 0 Å². The summed E-state index contributed by atoms with van der Waals surface area (Å²) in [6.07, 6.45) is 1.92. The van der Waals surface area contributed by atoms with Gasteiger partial charge in [-0.25, -0.2) is 0 Å². The van der Waals surface area contributed by atoms with Gasteiger partial charge in [0.05, 0.1) is 7.11 Å². The minimum absolute atomic E-state index is 0.0797. The lowest BCUT2D eigenvalue weighted by atomic mass is 9.86. The van der Waals surface area contributed by atoms with Crippen LogP contribution in [-0.4, -0.2) is 7.11 Å². The molecule has 2 aromatic rings. The summed E-state index contributed by atoms with van der Waals surface area (Å²) in [6.45, 7) is 6.68. The van der Waals surface area contributed by atoms with Gasteiger partial charge in [-0.15, -0.1) is 0 Å². The van der Waals surface area contributed by atoms with E-state index in [-0.39, 0.29) is 11.5 Å². The third-order valence-electron chi connectivity index (χ3n) is 4.11. The molecule has 1 atom stereocenters. The van der Waals surface area contributed by atoms with E-state index in [4.69, 9.17) is 10.5 Å². The molecular formula is C20H27NO. The summed E-state index contributed by atoms with van der Waals surface area (Å²) in [4.78, 5) is 0. The Bertz CT molecular complexity index is 579. The molecule has 0 saturated heterocycles. The smallest absolute Gasteiger partial charge is 0.118 e. The van der Waals surface area contributed by atoms with Crippen LogP contribution in [0, 0.1) is 0 Å². The Morgan fingerprint density at radius 2 is 1.55 bits per heavy atom. The predicted octanol–water partition coefficient (Wildman–Crippen LogP) is 4.63. The van der Waals surface area contributed by atoms with Crippen molar-refractivity contribution in [3.05, 3.63) is 65.2 Å². The van der Waals surface area contributed by atoms with Gasteiger partial charge in [0.25, 0.3) is 0 Å². The molecule has 2 heteroatoms. The van der Waals surface area contributed by atoms with Crippen LogP contribution in [0.15, 0.2) is 48.5 Å². The molecule has 0 aromatic heterocycles. The largest absolute Gasteiger partial charge is 0.497 e. The fourth-order valence-corrected chi connectivity index (χ4v) is 2.51. The van der Waals surface area contributed by atoms with Gasteiger partial charge in [-0.05, 0) is 47.1 Å². The second-order valence-electron chi connectivity index (χ2n) is 6.87. The number of aryl methyl sites for hydroxylation is 1. The highest BCUT2D eigenvalue weighted by Crippen LogP contribution is 2.25. The Balaban J connectivity index is 1.95. The summed E-state index contributed by atoms with van der Waals surface area (Å²) in [6, 6.07) is 17.0. The molecule has 0 saturated carbocycles. The van der Waals surface area contributed by atoms with Gasteiger partial charge in [-0.3, -0.25) is 0 Å². The molecule has 0 aliphatic heterocycles. The number of rotatable bonds is 5. The molecule has 1 unspecified atom stereocenters. The van der Waals surface area contributed by atoms with E-state index in [1.54, 1.807) is 7.11 Å². The highest BCUT2D eigenvalue weighted by molar-refractivity contribution is 5.30. The van der Waals surface area contributed by atoms with Crippen LogP contribution >= 0.6 is 0 Å². The number of nitrogens with two attached hydrogens (primary N) is 1. The minimum atomic E-state index is 0.0797. The van der Waals surface area contributed by atoms with Gasteiger partial charge in [0, 0.05) is 6.04 Å². The maximum Gasteiger partial charge on any atom is 0.118 e. The molecule has 0 aliphatic carbocycles. The van der Waals surface area contributed by atoms with Crippen molar-refractivity contribution in [3.63, 3.8) is 0 Å². The van der Waals surface area contributed by atoms with Crippen LogP contribution in [0.3, 0.4) is 0 Å². The quantitative estimate of drug-likeness (QED) is 0.873. The minimum Gasteiger partial charge on any atom is -0.497 e. The first kappa shape index (κ1) is 16.6. The molecule has 2 nitrogen and oxygen atoms in total. The Morgan fingerprint density at radius 1 is 0.955 bits per heavy atom. The molecule has 0 aliphatic rings. The molecule has 2 rings (SSSR count). The van der Waals surface area contributed by atoms with Crippen molar-refractivity contribution in [1.29, 1.82) is 0 Å². The van der Waals surface area contributed by atoms with Crippen LogP contribution in [-0.2, 0) is 11.8 Å². The van der Waals surface area contributed by atoms with E-state index in [2.05, 4.69) is 57.2 Å². The second kappa shape index (κ2) is 6.97. The van der Waals surface area contributed by atoms with E-state index < -0.39 is 0 Å². The highest BCUT2D eigenvalue weighted by Gasteiger charge is 2.14. The van der Waals surface area contributed by atoms with Gasteiger partial charge in [-0.2, -0.15) is 0 Å². The summed E-state index contributed by atoms with van der Waals surface area (Å²) in [7, 11) is 1.69. The molecular weight excluding hydrogens is 270 g/mol. The van der Waals surface area contributed by atoms with Crippen molar-refractivity contribution >= 4 is 0 Å². The first-order valence-corrected chi connectivity index (χ1v) is 7.89. The molecule has 118 valence electrons. The Morgan fingerprint density at radius 3 is 2.05 bits per heavy atom. The lowest BCUT2D eigenvalue weighted by Gasteiger charge is -2.20. The zero-order valence-corrected chi connectivity index (χ0v) is 14.1. The average molecular weight is 297 g/mol. The number of methoxy groups -OCH3 is 1. The van der Waals surface area contributed by atoms with E-state index in [0.717, 1.165) is 18.6 Å². The summed E-state index contributed by atoms with van der Waals surface area (Å²) >= 11 is 0. The fourth-order valence-electron chi connectivity index (χ4n) is 2.51. The number of ether oxygens (including phenoxy) is 1. The Hall–Kier alpha value is -1.80. The summed E-state index contributed by atoms with van der Waals surface area (Å²) in [5, 5.41) is 0. The molecule has 2 N–H and O–H groups in total. The van der Waals surface area contributed by atoms with Gasteiger partial charge in [0.15, 0.2) is 0 Å². The fraction of sp³-hybridized carbons (Fsp3) is 0.400. The van der Waals surface area contributed by atoms with E-state index in [9.17, 15) is 0 Å². The molecule has 0 amide bonds. The summed E-state index contributed by atoms with van der Waals surface area (Å²) < 4.78 is 5.18. The van der Waals surface area contributed by atoms with Crippen LogP contribution in [0.2, 0.25) is 0 Å². The van der Waals surface area contributed by atoms with Crippen molar-refractivity contribution in [1.82, 2.24) is 0 Å². The van der Waals surface area contributed by atoms with Crippen molar-refractivity contribution in [3.8, 4) is 5.75 Å². The number of hydrogen-bond donors (Lipinski definition) is 1. The first-order valence-electron chi connectivity index (χ1n) is 7.89. The maximum absolute atomic E-state index is 6.33. The molecule has 22 heavy (non-hydrogen) atoms. The van der Waals surface area contributed by atoms with Crippen LogP contribution in [0.25, 0.3) is 0 Å². The third kappa shape index (κ3) is 4.35. The van der Waals surface area contributed by atoms with E-state index in [1.165, 1.54) is 16.7 Å². The SMILES string of the molecule is COc1ccc(CCC(N)c2ccc(C(C)(C)C)cc2)cc1. The van der Waals surface area contributed by atoms with Gasteiger partial charge in [-0.1, -0.05) is 57.2 Å². The van der Waals surface area contributed by atoms with Crippen molar-refractivity contribution in [2.45, 2.75) is 45.1 Å². The Labute approximate surface area is 134 Å². The topological polar surface area (TPSA) is 35.2 Å². The predicted molar refractivity (Wildman–Crippen MR) is 93.4 cm³/mol. The Kier molecular flexibility index (Phi) is 5.25. The lowest BCUT2D eigenvalue weighted by Crippen LogP contribution is -2.14. The molecule has 0 bridgehead atoms. The molecule has 0 heterocycles. The third-order valence-corrected chi connectivity index (χ3v) is 4.11. The van der Waals surface area contributed by atoms with Crippen LogP contribution < -0.4 is 10.5 Å². The van der Waals surface area contributed by atoms with E-state index in [1.807, 2.05) is 12.1 Å². The van der Waals surface area contributed by atoms with Gasteiger partial charge < -0.3 is 10.5 Å². The van der Waals surface area contributed by atoms with Crippen LogP contribution in [0.4, 0.5) is 0 Å². The maximum atomic E-state index is 6.33. The highest BCUT2D eigenvalue weighted by atomic mass is 16.5. The van der Waals surface area contributed by atoms with Crippen LogP contribution in [0.5, 0.6) is 5.75 Å². The summed E-state index contributed by atoms with van der Waals surface area (Å²) in [5.41, 5.74) is 10.4. The first-order chi connectivity index (χ1) is 10.4. The van der Waals surface area contributed by atoms with Gasteiger partial charge in [0.1, 0.15) is 5.75 Å². The van der Waals surface area contributed by atoms with E-state index >= 15 is 0 Å². The second-order valence-corrected chi connectivity index (χ2v) is 6.87. The number of benzene rings is 2. The average Bonchev–Trinajstić information content (AvgIpc) is 2.52. The zero-order chi connectivity index (χ0) is 16.2. The van der Waals surface area contributed by atoms with Gasteiger partial charge in [0.2, 0.25) is 0 Å². The molecule has 0 spiro atoms. The zero-order valence-electron chi connectivity index (χ0n) is 14.1. The number of hydrogen-bond acceptors (Lipinski definition) is 2.